The summed E-state index contributed by atoms with van der Waals surface area (Å²) in [5.74, 6) is 7.55. The molecular weight excluding hydrogens is 312 g/mol. The van der Waals surface area contributed by atoms with Crippen molar-refractivity contribution in [3.05, 3.63) is 59.9 Å². The summed E-state index contributed by atoms with van der Waals surface area (Å²) in [5, 5.41) is 2.93. The second-order valence-corrected chi connectivity index (χ2v) is 6.70. The van der Waals surface area contributed by atoms with Gasteiger partial charge in [-0.1, -0.05) is 37.5 Å². The van der Waals surface area contributed by atoms with Gasteiger partial charge in [0.05, 0.1) is 11.0 Å². The summed E-state index contributed by atoms with van der Waals surface area (Å²) in [6, 6.07) is 14.9. The number of nitrogens with one attached hydrogen (secondary N) is 1. The Bertz CT molecular complexity index is 895. The lowest BCUT2D eigenvalue weighted by molar-refractivity contribution is 0.102. The first-order chi connectivity index (χ1) is 12.2. The van der Waals surface area contributed by atoms with Crippen LogP contribution in [0.3, 0.4) is 0 Å². The van der Waals surface area contributed by atoms with Crippen LogP contribution in [-0.2, 0) is 0 Å². The molecule has 5 heteroatoms. The molecule has 0 aliphatic heterocycles. The SMILES string of the molecule is Nn1c(C2CCCCC2)nc2cc(NC(=O)c3ccccc3)ccc21. The second-order valence-electron chi connectivity index (χ2n) is 6.70. The molecule has 25 heavy (non-hydrogen) atoms. The molecule has 128 valence electrons. The minimum absolute atomic E-state index is 0.125. The highest BCUT2D eigenvalue weighted by molar-refractivity contribution is 6.04. The smallest absolute Gasteiger partial charge is 0.255 e. The number of benzene rings is 2. The third-order valence-corrected chi connectivity index (χ3v) is 4.98. The number of nitrogens with two attached hydrogens (primary N) is 1. The predicted molar refractivity (Wildman–Crippen MR) is 100 cm³/mol. The quantitative estimate of drug-likeness (QED) is 0.710. The molecule has 1 aliphatic carbocycles. The van der Waals surface area contributed by atoms with Crippen molar-refractivity contribution >= 4 is 22.6 Å². The summed E-state index contributed by atoms with van der Waals surface area (Å²) in [5.41, 5.74) is 3.09. The number of hydrogen-bond donors (Lipinski definition) is 2. The van der Waals surface area contributed by atoms with Gasteiger partial charge in [-0.05, 0) is 43.2 Å². The van der Waals surface area contributed by atoms with Crippen LogP contribution in [0.4, 0.5) is 5.69 Å². The Balaban J connectivity index is 1.61. The van der Waals surface area contributed by atoms with Crippen LogP contribution >= 0.6 is 0 Å². The minimum Gasteiger partial charge on any atom is -0.337 e. The third-order valence-electron chi connectivity index (χ3n) is 4.98. The predicted octanol–water partition coefficient (Wildman–Crippen LogP) is 4.05. The van der Waals surface area contributed by atoms with Crippen LogP contribution in [0, 0.1) is 0 Å². The van der Waals surface area contributed by atoms with Crippen molar-refractivity contribution in [2.45, 2.75) is 38.0 Å². The molecule has 1 fully saturated rings. The number of fused-ring (bicyclic) bond motifs is 1. The fraction of sp³-hybridized carbons (Fsp3) is 0.300. The van der Waals surface area contributed by atoms with Crippen molar-refractivity contribution in [1.29, 1.82) is 0 Å². The van der Waals surface area contributed by atoms with Crippen LogP contribution in [0.5, 0.6) is 0 Å². The summed E-state index contributed by atoms with van der Waals surface area (Å²) in [7, 11) is 0. The van der Waals surface area contributed by atoms with Crippen LogP contribution in [0.25, 0.3) is 11.0 Å². The zero-order valence-corrected chi connectivity index (χ0v) is 14.1. The number of nitrogens with zero attached hydrogens (tertiary/aromatic N) is 2. The number of carbonyl (C=O) groups is 1. The molecule has 5 nitrogen and oxygen atoms in total. The average Bonchev–Trinajstić information content (AvgIpc) is 2.99. The summed E-state index contributed by atoms with van der Waals surface area (Å²) >= 11 is 0. The van der Waals surface area contributed by atoms with E-state index in [4.69, 9.17) is 10.8 Å². The maximum absolute atomic E-state index is 12.3. The Kier molecular flexibility index (Phi) is 4.14. The molecule has 0 radical (unpaired) electrons. The fourth-order valence-corrected chi connectivity index (χ4v) is 3.64. The van der Waals surface area contributed by atoms with Gasteiger partial charge in [0.2, 0.25) is 0 Å². The largest absolute Gasteiger partial charge is 0.337 e. The molecular formula is C20H22N4O. The van der Waals surface area contributed by atoms with Crippen molar-refractivity contribution in [3.63, 3.8) is 0 Å². The first-order valence-corrected chi connectivity index (χ1v) is 8.86. The van der Waals surface area contributed by atoms with Gasteiger partial charge in [-0.3, -0.25) is 4.79 Å². The van der Waals surface area contributed by atoms with E-state index < -0.39 is 0 Å². The molecule has 0 saturated heterocycles. The summed E-state index contributed by atoms with van der Waals surface area (Å²) in [4.78, 5) is 17.1. The number of aromatic nitrogens is 2. The number of nitrogen functional groups attached to an aromatic ring is 1. The maximum atomic E-state index is 12.3. The molecule has 3 aromatic rings. The van der Waals surface area contributed by atoms with Gasteiger partial charge >= 0.3 is 0 Å². The molecule has 0 spiro atoms. The van der Waals surface area contributed by atoms with Gasteiger partial charge in [0.15, 0.2) is 0 Å². The van der Waals surface area contributed by atoms with E-state index in [-0.39, 0.29) is 5.91 Å². The summed E-state index contributed by atoms with van der Waals surface area (Å²) in [6.07, 6.45) is 6.09. The number of rotatable bonds is 3. The lowest BCUT2D eigenvalue weighted by Gasteiger charge is -2.20. The monoisotopic (exact) mass is 334 g/mol. The van der Waals surface area contributed by atoms with Crippen LogP contribution in [0.2, 0.25) is 0 Å². The highest BCUT2D eigenvalue weighted by Crippen LogP contribution is 2.33. The van der Waals surface area contributed by atoms with E-state index in [0.717, 1.165) is 35.4 Å². The Morgan fingerprint density at radius 3 is 2.60 bits per heavy atom. The number of amides is 1. The number of carbonyl (C=O) groups excluding carboxylic acids is 1. The van der Waals surface area contributed by atoms with E-state index in [1.165, 1.54) is 19.3 Å². The highest BCUT2D eigenvalue weighted by Gasteiger charge is 2.21. The van der Waals surface area contributed by atoms with Crippen molar-refractivity contribution in [3.8, 4) is 0 Å². The highest BCUT2D eigenvalue weighted by atomic mass is 16.1. The zero-order valence-electron chi connectivity index (χ0n) is 14.1. The molecule has 1 aliphatic rings. The molecule has 0 unspecified atom stereocenters. The van der Waals surface area contributed by atoms with E-state index >= 15 is 0 Å². The summed E-state index contributed by atoms with van der Waals surface area (Å²) < 4.78 is 1.72. The second kappa shape index (κ2) is 6.59. The molecule has 1 aromatic heterocycles. The molecule has 0 bridgehead atoms. The van der Waals surface area contributed by atoms with E-state index in [9.17, 15) is 4.79 Å². The third kappa shape index (κ3) is 3.09. The van der Waals surface area contributed by atoms with E-state index in [0.29, 0.717) is 11.5 Å². The minimum atomic E-state index is -0.125. The topological polar surface area (TPSA) is 72.9 Å². The van der Waals surface area contributed by atoms with Crippen LogP contribution in [0.1, 0.15) is 54.2 Å². The van der Waals surface area contributed by atoms with Gasteiger partial charge in [-0.2, -0.15) is 0 Å². The Hall–Kier alpha value is -2.82. The lowest BCUT2D eigenvalue weighted by atomic mass is 9.89. The Morgan fingerprint density at radius 1 is 1.08 bits per heavy atom. The number of hydrogen-bond acceptors (Lipinski definition) is 3. The molecule has 0 atom stereocenters. The average molecular weight is 334 g/mol. The van der Waals surface area contributed by atoms with Crippen molar-refractivity contribution in [1.82, 2.24) is 9.66 Å². The van der Waals surface area contributed by atoms with Gasteiger partial charge in [0, 0.05) is 17.2 Å². The van der Waals surface area contributed by atoms with Crippen LogP contribution < -0.4 is 11.2 Å². The summed E-state index contributed by atoms with van der Waals surface area (Å²) in [6.45, 7) is 0. The van der Waals surface area contributed by atoms with E-state index in [1.807, 2.05) is 36.4 Å². The Morgan fingerprint density at radius 2 is 1.84 bits per heavy atom. The molecule has 1 heterocycles. The normalized spacial score (nSPS) is 15.4. The van der Waals surface area contributed by atoms with Gasteiger partial charge in [0.25, 0.3) is 5.91 Å². The zero-order chi connectivity index (χ0) is 17.2. The van der Waals surface area contributed by atoms with Gasteiger partial charge in [-0.15, -0.1) is 0 Å². The lowest BCUT2D eigenvalue weighted by Crippen LogP contribution is -2.17. The molecule has 1 amide bonds. The molecule has 4 rings (SSSR count). The molecule has 3 N–H and O–H groups in total. The van der Waals surface area contributed by atoms with E-state index in [2.05, 4.69) is 5.32 Å². The standard InChI is InChI=1S/C20H22N4O/c21-24-18-12-11-16(22-20(25)15-9-5-2-6-10-15)13-17(18)23-19(24)14-7-3-1-4-8-14/h2,5-6,9-14H,1,3-4,7-8,21H2,(H,22,25). The van der Waals surface area contributed by atoms with Crippen molar-refractivity contribution < 1.29 is 4.79 Å². The van der Waals surface area contributed by atoms with Gasteiger partial charge < -0.3 is 11.2 Å². The van der Waals surface area contributed by atoms with Crippen LogP contribution in [-0.4, -0.2) is 15.6 Å². The first-order valence-electron chi connectivity index (χ1n) is 8.86. The van der Waals surface area contributed by atoms with Crippen molar-refractivity contribution in [2.24, 2.45) is 0 Å². The number of anilines is 1. The van der Waals surface area contributed by atoms with Crippen LogP contribution in [0.15, 0.2) is 48.5 Å². The fourth-order valence-electron chi connectivity index (χ4n) is 3.64. The Labute approximate surface area is 146 Å². The maximum Gasteiger partial charge on any atom is 0.255 e. The molecule has 1 saturated carbocycles. The van der Waals surface area contributed by atoms with Crippen molar-refractivity contribution in [2.75, 3.05) is 11.2 Å². The van der Waals surface area contributed by atoms with E-state index in [1.54, 1.807) is 16.8 Å². The number of imidazole rings is 1. The van der Waals surface area contributed by atoms with Gasteiger partial charge in [0.1, 0.15) is 5.82 Å². The first kappa shape index (κ1) is 15.7. The molecule has 2 aromatic carbocycles. The van der Waals surface area contributed by atoms with Gasteiger partial charge in [-0.25, -0.2) is 9.66 Å².